The molecule has 2 N–H and O–H groups in total. The van der Waals surface area contributed by atoms with Gasteiger partial charge in [0.05, 0.1) is 30.6 Å². The van der Waals surface area contributed by atoms with Crippen molar-refractivity contribution in [2.75, 3.05) is 18.5 Å². The van der Waals surface area contributed by atoms with Crippen molar-refractivity contribution in [1.29, 1.82) is 0 Å². The Morgan fingerprint density at radius 2 is 1.70 bits per heavy atom. The summed E-state index contributed by atoms with van der Waals surface area (Å²) in [6.07, 6.45) is 1.79. The normalized spacial score (nSPS) is 11.6. The Morgan fingerprint density at radius 1 is 1.00 bits per heavy atom. The lowest BCUT2D eigenvalue weighted by molar-refractivity contribution is -0.115. The minimum atomic E-state index is -0.633. The van der Waals surface area contributed by atoms with Crippen LogP contribution in [0.2, 0.25) is 0 Å². The Balaban J connectivity index is 1.77. The van der Waals surface area contributed by atoms with Gasteiger partial charge >= 0.3 is 11.9 Å². The predicted octanol–water partition coefficient (Wildman–Crippen LogP) is 5.47. The van der Waals surface area contributed by atoms with Crippen LogP contribution in [0.5, 0.6) is 0 Å². The van der Waals surface area contributed by atoms with Crippen molar-refractivity contribution in [3.05, 3.63) is 56.7 Å². The van der Waals surface area contributed by atoms with E-state index in [-0.39, 0.29) is 47.0 Å². The summed E-state index contributed by atoms with van der Waals surface area (Å²) in [7, 11) is 0. The van der Waals surface area contributed by atoms with Gasteiger partial charge in [-0.2, -0.15) is 0 Å². The summed E-state index contributed by atoms with van der Waals surface area (Å²) in [6.45, 7) is 13.9. The van der Waals surface area contributed by atoms with Gasteiger partial charge in [0.1, 0.15) is 9.88 Å². The highest BCUT2D eigenvalue weighted by Crippen LogP contribution is 2.35. The van der Waals surface area contributed by atoms with Crippen molar-refractivity contribution in [1.82, 2.24) is 20.1 Å². The number of amides is 2. The first-order valence-corrected chi connectivity index (χ1v) is 15.9. The average molecular weight is 630 g/mol. The molecular weight excluding hydrogens is 590 g/mol. The predicted molar refractivity (Wildman–Crippen MR) is 167 cm³/mol. The van der Waals surface area contributed by atoms with Gasteiger partial charge in [-0.15, -0.1) is 21.5 Å². The number of carbonyl (C=O) groups is 4. The summed E-state index contributed by atoms with van der Waals surface area (Å²) in [5.74, 6) is -1.21. The van der Waals surface area contributed by atoms with Crippen LogP contribution in [-0.4, -0.2) is 57.0 Å². The maximum absolute atomic E-state index is 13.3. The van der Waals surface area contributed by atoms with Gasteiger partial charge in [0.15, 0.2) is 11.0 Å². The van der Waals surface area contributed by atoms with Crippen LogP contribution in [0.3, 0.4) is 0 Å². The first-order chi connectivity index (χ1) is 20.5. The van der Waals surface area contributed by atoms with Gasteiger partial charge in [-0.05, 0) is 76.8 Å². The van der Waals surface area contributed by atoms with Gasteiger partial charge in [0, 0.05) is 12.1 Å². The lowest BCUT2D eigenvalue weighted by Gasteiger charge is -2.14. The van der Waals surface area contributed by atoms with Crippen molar-refractivity contribution in [3.63, 3.8) is 0 Å². The van der Waals surface area contributed by atoms with Crippen LogP contribution in [0.25, 0.3) is 0 Å². The molecular formula is C30H39N5O6S2. The molecule has 0 unspecified atom stereocenters. The number of nitrogens with one attached hydrogen (secondary N) is 2. The number of unbranched alkanes of at least 4 members (excludes halogenated alkanes) is 1. The van der Waals surface area contributed by atoms with E-state index in [0.717, 1.165) is 35.3 Å². The second-order valence-electron chi connectivity index (χ2n) is 9.84. The number of carbonyl (C=O) groups excluding carboxylic acids is 4. The van der Waals surface area contributed by atoms with Gasteiger partial charge in [0.25, 0.3) is 5.91 Å². The summed E-state index contributed by atoms with van der Waals surface area (Å²) in [6, 6.07) is 5.56. The van der Waals surface area contributed by atoms with Gasteiger partial charge in [-0.25, -0.2) is 9.59 Å². The number of ether oxygens (including phenoxy) is 2. The summed E-state index contributed by atoms with van der Waals surface area (Å²) >= 11 is 2.19. The fraction of sp³-hybridized carbons (Fsp3) is 0.467. The molecule has 0 saturated carbocycles. The number of aryl methyl sites for hydroxylation is 2. The van der Waals surface area contributed by atoms with Gasteiger partial charge in [-0.3, -0.25) is 9.59 Å². The van der Waals surface area contributed by atoms with Crippen LogP contribution in [0, 0.1) is 20.8 Å². The number of rotatable bonds is 14. The van der Waals surface area contributed by atoms with E-state index in [1.807, 2.05) is 30.5 Å². The molecule has 1 atom stereocenters. The first-order valence-electron chi connectivity index (χ1n) is 14.2. The Labute approximate surface area is 260 Å². The number of benzene rings is 1. The topological polar surface area (TPSA) is 142 Å². The standard InChI is InChI=1S/C30H39N5O6S2/c1-8-11-14-35-22(16-31-26(37)21-13-12-17(4)18(5)15-21)33-34-30(35)42-20(7)25(36)32-27-23(28(38)40-9-2)19(6)24(43-27)29(39)41-10-3/h12-13,15,20H,8-11,14,16H2,1-7H3,(H,31,37)(H,32,36)/t20-/m0/s1. The van der Waals surface area contributed by atoms with Gasteiger partial charge in [-0.1, -0.05) is 31.2 Å². The molecule has 0 saturated heterocycles. The number of thiophene rings is 1. The number of hydrogen-bond acceptors (Lipinski definition) is 10. The van der Waals surface area contributed by atoms with E-state index in [4.69, 9.17) is 9.47 Å². The molecule has 0 radical (unpaired) electrons. The second kappa shape index (κ2) is 15.7. The van der Waals surface area contributed by atoms with Crippen LogP contribution >= 0.6 is 23.1 Å². The molecule has 3 aromatic rings. The highest BCUT2D eigenvalue weighted by molar-refractivity contribution is 8.00. The van der Waals surface area contributed by atoms with E-state index in [1.54, 1.807) is 33.8 Å². The zero-order chi connectivity index (χ0) is 31.7. The van der Waals surface area contributed by atoms with E-state index < -0.39 is 17.2 Å². The van der Waals surface area contributed by atoms with E-state index in [2.05, 4.69) is 27.8 Å². The Morgan fingerprint density at radius 3 is 2.35 bits per heavy atom. The molecule has 0 spiro atoms. The van der Waals surface area contributed by atoms with Crippen molar-refractivity contribution in [2.45, 2.75) is 84.8 Å². The third-order valence-corrected chi connectivity index (χ3v) is 8.95. The molecule has 2 amide bonds. The number of thioether (sulfide) groups is 1. The highest BCUT2D eigenvalue weighted by Gasteiger charge is 2.29. The molecule has 11 nitrogen and oxygen atoms in total. The summed E-state index contributed by atoms with van der Waals surface area (Å²) in [5, 5.41) is 14.5. The molecule has 0 aliphatic rings. The molecule has 0 fully saturated rings. The molecule has 0 aliphatic heterocycles. The number of esters is 2. The molecule has 3 rings (SSSR count). The summed E-state index contributed by atoms with van der Waals surface area (Å²) in [4.78, 5) is 51.5. The SMILES string of the molecule is CCCCn1c(CNC(=O)c2ccc(C)c(C)c2)nnc1S[C@@H](C)C(=O)Nc1sc(C(=O)OCC)c(C)c1C(=O)OCC. The van der Waals surface area contributed by atoms with Crippen LogP contribution in [-0.2, 0) is 27.4 Å². The smallest absolute Gasteiger partial charge is 0.348 e. The number of nitrogens with zero attached hydrogens (tertiary/aromatic N) is 3. The lowest BCUT2D eigenvalue weighted by Crippen LogP contribution is -2.25. The van der Waals surface area contributed by atoms with Crippen molar-refractivity contribution < 1.29 is 28.7 Å². The van der Waals surface area contributed by atoms with Gasteiger partial charge in [0.2, 0.25) is 5.91 Å². The third-order valence-electron chi connectivity index (χ3n) is 6.68. The molecule has 43 heavy (non-hydrogen) atoms. The maximum atomic E-state index is 13.3. The lowest BCUT2D eigenvalue weighted by atomic mass is 10.1. The molecule has 2 heterocycles. The van der Waals surface area contributed by atoms with Crippen LogP contribution < -0.4 is 10.6 Å². The summed E-state index contributed by atoms with van der Waals surface area (Å²) < 4.78 is 12.2. The quantitative estimate of drug-likeness (QED) is 0.175. The van der Waals surface area contributed by atoms with E-state index in [0.29, 0.717) is 28.7 Å². The van der Waals surface area contributed by atoms with E-state index >= 15 is 0 Å². The van der Waals surface area contributed by atoms with Crippen molar-refractivity contribution >= 4 is 51.9 Å². The first kappa shape index (κ1) is 33.8. The maximum Gasteiger partial charge on any atom is 0.348 e. The zero-order valence-electron chi connectivity index (χ0n) is 25.7. The Bertz CT molecular complexity index is 1480. The highest BCUT2D eigenvalue weighted by atomic mass is 32.2. The molecule has 0 bridgehead atoms. The largest absolute Gasteiger partial charge is 0.462 e. The van der Waals surface area contributed by atoms with Crippen molar-refractivity contribution in [3.8, 4) is 0 Å². The van der Waals surface area contributed by atoms with E-state index in [1.165, 1.54) is 11.8 Å². The van der Waals surface area contributed by atoms with E-state index in [9.17, 15) is 19.2 Å². The average Bonchev–Trinajstić information content (AvgIpc) is 3.51. The number of hydrogen-bond donors (Lipinski definition) is 2. The molecule has 13 heteroatoms. The van der Waals surface area contributed by atoms with Gasteiger partial charge < -0.3 is 24.7 Å². The minimum Gasteiger partial charge on any atom is -0.462 e. The third kappa shape index (κ3) is 8.44. The minimum absolute atomic E-state index is 0.133. The van der Waals surface area contributed by atoms with Crippen LogP contribution in [0.1, 0.15) is 93.4 Å². The monoisotopic (exact) mass is 629 g/mol. The molecule has 0 aliphatic carbocycles. The fourth-order valence-electron chi connectivity index (χ4n) is 4.09. The zero-order valence-corrected chi connectivity index (χ0v) is 27.3. The summed E-state index contributed by atoms with van der Waals surface area (Å²) in [5.41, 5.74) is 3.24. The molecule has 2 aromatic heterocycles. The second-order valence-corrected chi connectivity index (χ2v) is 12.2. The van der Waals surface area contributed by atoms with Crippen molar-refractivity contribution in [2.24, 2.45) is 0 Å². The number of anilines is 1. The van der Waals surface area contributed by atoms with Crippen LogP contribution in [0.15, 0.2) is 23.4 Å². The fourth-order valence-corrected chi connectivity index (χ4v) is 6.07. The Hall–Kier alpha value is -3.71. The number of aromatic nitrogens is 3. The molecule has 232 valence electrons. The van der Waals surface area contributed by atoms with Crippen LogP contribution in [0.4, 0.5) is 5.00 Å². The molecule has 1 aromatic carbocycles. The Kier molecular flexibility index (Phi) is 12.3.